The average molecular weight is 1050 g/mol. The topological polar surface area (TPSA) is 301 Å². The Balaban J connectivity index is 1.16. The van der Waals surface area contributed by atoms with E-state index in [9.17, 15) is 53.3 Å². The Morgan fingerprint density at radius 1 is 0.775 bits per heavy atom. The summed E-state index contributed by atoms with van der Waals surface area (Å²) in [6.07, 6.45) is 7.03. The molecule has 0 radical (unpaired) electrons. The zero-order valence-electron chi connectivity index (χ0n) is 39.5. The van der Waals surface area contributed by atoms with Gasteiger partial charge in [0.1, 0.15) is 29.0 Å². The van der Waals surface area contributed by atoms with Crippen LogP contribution in [0.3, 0.4) is 0 Å². The molecule has 1 unspecified atom stereocenters. The number of hydroxylamine groups is 2. The van der Waals surface area contributed by atoms with Crippen LogP contribution in [0, 0.1) is 0 Å². The van der Waals surface area contributed by atoms with Crippen LogP contribution in [0.4, 0.5) is 5.69 Å². The highest BCUT2D eigenvalue weighted by molar-refractivity contribution is 7.86. The summed E-state index contributed by atoms with van der Waals surface area (Å²) in [5.74, 6) is -2.46. The van der Waals surface area contributed by atoms with Crippen molar-refractivity contribution in [3.8, 4) is 11.3 Å². The molecule has 392 valence electrons. The number of carbonyl (C=O) groups is 3. The maximum Gasteiger partial charge on any atom is 0.335 e. The number of nitrogens with zero attached hydrogens (tertiary/aromatic N) is 3. The summed E-state index contributed by atoms with van der Waals surface area (Å²) < 4.78 is 141. The van der Waals surface area contributed by atoms with Gasteiger partial charge in [-0.25, -0.2) is 34.6 Å². The molecule has 1 atom stereocenters. The standard InChI is InChI=1S/C46H61N3O19S3/c1-3-47(18-6-32-70(56,57)58)36-9-11-38-35(15-21-67-41(38)33-36)7-4-8-42-46(2,17-5-31-69(53,54)55)39-34-37(71(59,60)61)10-12-40(39)48(42)19-22-63-24-26-65-28-30-66-29-27-64-25-23-62-20-16-45(52)68-49-43(50)13-14-44(49)51/h4,7-12,15,21,33-34H,3,5-6,13-14,16-20,22-32H2,1-2H3,(H2-,53,54,55,56,57,58,59,60,61)/p-2. The normalized spacial score (nSPS) is 17.6. The van der Waals surface area contributed by atoms with Gasteiger partial charge in [-0.2, -0.15) is 0 Å². The zero-order valence-corrected chi connectivity index (χ0v) is 42.0. The molecule has 2 amide bonds. The monoisotopic (exact) mass is 1050 g/mol. The number of rotatable bonds is 31. The average Bonchev–Trinajstić information content (AvgIpc) is 3.74. The van der Waals surface area contributed by atoms with Crippen molar-refractivity contribution < 1.29 is 86.2 Å². The molecule has 1 aliphatic carbocycles. The number of ether oxygens (including phenoxy) is 5. The van der Waals surface area contributed by atoms with Crippen molar-refractivity contribution in [2.24, 2.45) is 0 Å². The number of carbonyl (C=O) groups excluding carboxylic acids is 3. The van der Waals surface area contributed by atoms with Gasteiger partial charge in [0, 0.05) is 65.7 Å². The molecule has 71 heavy (non-hydrogen) atoms. The SMILES string of the molecule is CC[N+](CCCS(=O)(=O)[O-])=c1ccc2c(/C=C/C=C3/N(CCOCCOCCOCCOCCOCCC(=O)ON4C(=O)CCC4=O)c4ccc(S(=O)(=O)[O-])cc4C3(C)CCCS(=O)(=O)[O-])ccoc-2c1. The van der Waals surface area contributed by atoms with Crippen molar-refractivity contribution in [3.63, 3.8) is 0 Å². The lowest BCUT2D eigenvalue weighted by atomic mass is 9.77. The Morgan fingerprint density at radius 3 is 1.96 bits per heavy atom. The summed E-state index contributed by atoms with van der Waals surface area (Å²) in [4.78, 5) is 41.0. The van der Waals surface area contributed by atoms with Crippen LogP contribution in [0.5, 0.6) is 0 Å². The van der Waals surface area contributed by atoms with Crippen molar-refractivity contribution in [3.05, 3.63) is 83.1 Å². The van der Waals surface area contributed by atoms with E-state index in [0.29, 0.717) is 47.5 Å². The minimum atomic E-state index is -4.88. The predicted octanol–water partition coefficient (Wildman–Crippen LogP) is 2.10. The molecule has 22 nitrogen and oxygen atoms in total. The minimum absolute atomic E-state index is 0.0142. The molecule has 1 saturated heterocycles. The first kappa shape index (κ1) is 57.0. The fraction of sp³-hybridized carbons (Fsp3) is 0.522. The first-order chi connectivity index (χ1) is 33.7. The summed E-state index contributed by atoms with van der Waals surface area (Å²) >= 11 is 0. The van der Waals surface area contributed by atoms with E-state index in [0.717, 1.165) is 16.5 Å². The van der Waals surface area contributed by atoms with Gasteiger partial charge >= 0.3 is 5.97 Å². The zero-order chi connectivity index (χ0) is 51.7. The Labute approximate surface area is 413 Å². The first-order valence-corrected chi connectivity index (χ1v) is 27.5. The highest BCUT2D eigenvalue weighted by Crippen LogP contribution is 2.51. The largest absolute Gasteiger partial charge is 0.748 e. The molecular weight excluding hydrogens is 995 g/mol. The molecular formula is C46H59N3O19S3-2. The molecule has 0 N–H and O–H groups in total. The predicted molar refractivity (Wildman–Crippen MR) is 251 cm³/mol. The van der Waals surface area contributed by atoms with Crippen LogP contribution in [0.1, 0.15) is 63.5 Å². The fourth-order valence-corrected chi connectivity index (χ4v) is 9.47. The van der Waals surface area contributed by atoms with Gasteiger partial charge in [0.05, 0.1) is 110 Å². The molecule has 0 spiro atoms. The Bertz CT molecular complexity index is 2740. The van der Waals surface area contributed by atoms with E-state index < -0.39 is 70.0 Å². The third kappa shape index (κ3) is 17.7. The van der Waals surface area contributed by atoms with Gasteiger partial charge in [0.15, 0.2) is 0 Å². The van der Waals surface area contributed by atoms with Crippen LogP contribution in [0.15, 0.2) is 75.9 Å². The molecule has 1 aromatic carbocycles. The van der Waals surface area contributed by atoms with Gasteiger partial charge in [-0.05, 0) is 74.2 Å². The molecule has 25 heteroatoms. The van der Waals surface area contributed by atoms with Gasteiger partial charge in [-0.15, -0.1) is 5.06 Å². The van der Waals surface area contributed by atoms with Crippen LogP contribution in [-0.4, -0.2) is 159 Å². The Morgan fingerprint density at radius 2 is 1.37 bits per heavy atom. The number of anilines is 1. The van der Waals surface area contributed by atoms with Crippen molar-refractivity contribution >= 4 is 59.9 Å². The summed E-state index contributed by atoms with van der Waals surface area (Å²) in [5.41, 5.74) is 2.09. The second-order valence-corrected chi connectivity index (χ2v) is 20.9. The van der Waals surface area contributed by atoms with Gasteiger partial charge in [0.25, 0.3) is 11.8 Å². The van der Waals surface area contributed by atoms with Crippen molar-refractivity contribution in [1.29, 1.82) is 0 Å². The van der Waals surface area contributed by atoms with Crippen molar-refractivity contribution in [1.82, 2.24) is 9.64 Å². The highest BCUT2D eigenvalue weighted by atomic mass is 32.2. The summed E-state index contributed by atoms with van der Waals surface area (Å²) in [5, 5.41) is 1.25. The number of hydrogen-bond donors (Lipinski definition) is 0. The molecule has 1 fully saturated rings. The second-order valence-electron chi connectivity index (χ2n) is 16.5. The van der Waals surface area contributed by atoms with E-state index in [-0.39, 0.29) is 105 Å². The lowest BCUT2D eigenvalue weighted by Crippen LogP contribution is -2.32. The molecule has 5 rings (SSSR count). The number of fused-ring (bicyclic) bond motifs is 2. The Kier molecular flexibility index (Phi) is 21.4. The summed E-state index contributed by atoms with van der Waals surface area (Å²) in [6, 6.07) is 11.3. The third-order valence-electron chi connectivity index (χ3n) is 11.5. The van der Waals surface area contributed by atoms with Crippen LogP contribution in [0.2, 0.25) is 0 Å². The summed E-state index contributed by atoms with van der Waals surface area (Å²) in [7, 11) is -13.8. The van der Waals surface area contributed by atoms with Crippen LogP contribution < -0.4 is 14.8 Å². The maximum absolute atomic E-state index is 12.2. The molecule has 4 aliphatic rings. The molecule has 0 saturated carbocycles. The van der Waals surface area contributed by atoms with E-state index >= 15 is 0 Å². The van der Waals surface area contributed by atoms with E-state index in [1.54, 1.807) is 25.1 Å². The molecule has 0 bridgehead atoms. The first-order valence-electron chi connectivity index (χ1n) is 22.9. The second kappa shape index (κ2) is 26.7. The maximum atomic E-state index is 12.2. The molecule has 3 heterocycles. The summed E-state index contributed by atoms with van der Waals surface area (Å²) in [6.45, 7) is 7.10. The van der Waals surface area contributed by atoms with Gasteiger partial charge in [-0.3, -0.25) is 9.59 Å². The van der Waals surface area contributed by atoms with Crippen molar-refractivity contribution in [2.45, 2.75) is 62.7 Å². The fourth-order valence-electron chi connectivity index (χ4n) is 8.00. The quantitative estimate of drug-likeness (QED) is 0.0386. The van der Waals surface area contributed by atoms with E-state index in [4.69, 9.17) is 32.9 Å². The lowest BCUT2D eigenvalue weighted by molar-refractivity contribution is -0.198. The van der Waals surface area contributed by atoms with E-state index in [1.165, 1.54) is 24.5 Å². The van der Waals surface area contributed by atoms with Gasteiger partial charge in [0.2, 0.25) is 5.36 Å². The van der Waals surface area contributed by atoms with Gasteiger partial charge in [-0.1, -0.05) is 12.2 Å². The molecule has 3 aliphatic heterocycles. The highest BCUT2D eigenvalue weighted by Gasteiger charge is 2.43. The lowest BCUT2D eigenvalue weighted by Gasteiger charge is -2.30. The number of hydrogen-bond acceptors (Lipinski definition) is 20. The number of benzene rings is 2. The third-order valence-corrected chi connectivity index (χ3v) is 13.9. The number of amides is 2. The van der Waals surface area contributed by atoms with E-state index in [1.807, 2.05) is 40.7 Å². The Hall–Kier alpha value is -4.93. The van der Waals surface area contributed by atoms with Crippen LogP contribution in [-0.2, 0) is 78.7 Å². The minimum Gasteiger partial charge on any atom is -0.748 e. The number of allylic oxidation sites excluding steroid dienone is 3. The number of imide groups is 1. The smallest absolute Gasteiger partial charge is 0.335 e. The van der Waals surface area contributed by atoms with Crippen LogP contribution in [0.25, 0.3) is 17.4 Å². The molecule has 0 aromatic heterocycles. The van der Waals surface area contributed by atoms with Gasteiger partial charge < -0.3 is 51.5 Å². The van der Waals surface area contributed by atoms with Crippen molar-refractivity contribution in [2.75, 3.05) is 102 Å². The van der Waals surface area contributed by atoms with E-state index in [2.05, 4.69) is 0 Å². The molecule has 1 aromatic rings. The van der Waals surface area contributed by atoms with Crippen LogP contribution >= 0.6 is 0 Å².